The number of carboxylic acids is 1. The van der Waals surface area contributed by atoms with Gasteiger partial charge >= 0.3 is 5.97 Å². The molecule has 13 heavy (non-hydrogen) atoms. The third-order valence-corrected chi connectivity index (χ3v) is 1.72. The van der Waals surface area contributed by atoms with Crippen LogP contribution >= 0.6 is 13.5 Å². The van der Waals surface area contributed by atoms with Crippen molar-refractivity contribution in [2.45, 2.75) is 38.7 Å². The van der Waals surface area contributed by atoms with E-state index in [9.17, 15) is 9.59 Å². The zero-order chi connectivity index (χ0) is 9.78. The van der Waals surface area contributed by atoms with Gasteiger partial charge in [0, 0.05) is 6.42 Å². The van der Waals surface area contributed by atoms with Crippen LogP contribution in [-0.4, -0.2) is 27.6 Å². The minimum atomic E-state index is -2.21. The first-order valence-electron chi connectivity index (χ1n) is 3.92. The van der Waals surface area contributed by atoms with E-state index in [0.29, 0.717) is 6.42 Å². The van der Waals surface area contributed by atoms with Crippen LogP contribution in [0, 0.1) is 0 Å². The summed E-state index contributed by atoms with van der Waals surface area (Å²) in [7, 11) is 0. The monoisotopic (exact) mass is 208 g/mol. The van der Waals surface area contributed by atoms with E-state index >= 15 is 0 Å². The Morgan fingerprint density at radius 2 is 1.85 bits per heavy atom. The molecule has 0 aromatic rings. The Bertz CT molecular complexity index is 189. The molecular formula is C8H16O4S. The number of unbranched alkanes of at least 4 members (excludes halogenated alkanes) is 1. The molecule has 4 nitrogen and oxygen atoms in total. The first-order valence-corrected chi connectivity index (χ1v) is 3.92. The molecule has 1 atom stereocenters. The van der Waals surface area contributed by atoms with Crippen molar-refractivity contribution in [3.8, 4) is 0 Å². The lowest BCUT2D eigenvalue weighted by atomic mass is 9.97. The zero-order valence-electron chi connectivity index (χ0n) is 7.83. The van der Waals surface area contributed by atoms with Crippen LogP contribution in [0.25, 0.3) is 0 Å². The molecule has 0 saturated heterocycles. The maximum Gasteiger partial charge on any atom is 0.343 e. The van der Waals surface area contributed by atoms with Gasteiger partial charge in [-0.3, -0.25) is 4.79 Å². The molecule has 2 N–H and O–H groups in total. The number of aliphatic hydroxyl groups is 1. The fourth-order valence-corrected chi connectivity index (χ4v) is 0.700. The molecule has 0 aromatic carbocycles. The van der Waals surface area contributed by atoms with Crippen LogP contribution in [-0.2, 0) is 9.59 Å². The van der Waals surface area contributed by atoms with E-state index in [4.69, 9.17) is 10.2 Å². The van der Waals surface area contributed by atoms with E-state index in [2.05, 4.69) is 0 Å². The van der Waals surface area contributed by atoms with Crippen molar-refractivity contribution >= 4 is 25.2 Å². The zero-order valence-corrected chi connectivity index (χ0v) is 8.83. The molecule has 0 aliphatic carbocycles. The van der Waals surface area contributed by atoms with Gasteiger partial charge in [0.05, 0.1) is 0 Å². The average molecular weight is 208 g/mol. The molecule has 0 radical (unpaired) electrons. The third-order valence-electron chi connectivity index (χ3n) is 1.72. The van der Waals surface area contributed by atoms with Crippen molar-refractivity contribution in [3.63, 3.8) is 0 Å². The van der Waals surface area contributed by atoms with Gasteiger partial charge in [0.1, 0.15) is 0 Å². The van der Waals surface area contributed by atoms with E-state index in [1.165, 1.54) is 0 Å². The van der Waals surface area contributed by atoms with Gasteiger partial charge in [-0.05, 0) is 13.3 Å². The number of ketones is 1. The van der Waals surface area contributed by atoms with Gasteiger partial charge in [-0.1, -0.05) is 13.3 Å². The van der Waals surface area contributed by atoms with Crippen LogP contribution in [0.5, 0.6) is 0 Å². The van der Waals surface area contributed by atoms with Gasteiger partial charge in [0.15, 0.2) is 5.78 Å². The molecule has 0 spiro atoms. The summed E-state index contributed by atoms with van der Waals surface area (Å²) in [5.41, 5.74) is -2.21. The number of hydrogen-bond donors (Lipinski definition) is 2. The van der Waals surface area contributed by atoms with E-state index < -0.39 is 17.4 Å². The Labute approximate surface area is 84.4 Å². The van der Waals surface area contributed by atoms with Crippen molar-refractivity contribution in [1.29, 1.82) is 0 Å². The molecule has 78 valence electrons. The lowest BCUT2D eigenvalue weighted by Gasteiger charge is -2.15. The molecule has 0 heterocycles. The average Bonchev–Trinajstić information content (AvgIpc) is 1.99. The van der Waals surface area contributed by atoms with Crippen molar-refractivity contribution in [1.82, 2.24) is 0 Å². The number of Topliss-reactive ketones (excluding diaryl/α,β-unsaturated/α-hetero) is 1. The van der Waals surface area contributed by atoms with Gasteiger partial charge in [0.25, 0.3) is 0 Å². The number of rotatable bonds is 5. The number of carbonyl (C=O) groups is 2. The van der Waals surface area contributed by atoms with Gasteiger partial charge in [-0.2, -0.15) is 13.5 Å². The van der Waals surface area contributed by atoms with Crippen molar-refractivity contribution in [2.75, 3.05) is 0 Å². The smallest absolute Gasteiger partial charge is 0.343 e. The fourth-order valence-electron chi connectivity index (χ4n) is 0.700. The van der Waals surface area contributed by atoms with E-state index in [1.54, 1.807) is 0 Å². The van der Waals surface area contributed by atoms with Crippen LogP contribution in [0.15, 0.2) is 0 Å². The summed E-state index contributed by atoms with van der Waals surface area (Å²) in [4.78, 5) is 21.4. The molecule has 0 rings (SSSR count). The maximum atomic E-state index is 11.0. The fraction of sp³-hybridized carbons (Fsp3) is 0.750. The SMILES string of the molecule is CCCCC(=O)C(C)(O)C(=O)O.S. The number of aliphatic carboxylic acids is 1. The summed E-state index contributed by atoms with van der Waals surface area (Å²) in [5, 5.41) is 17.6. The predicted molar refractivity (Wildman–Crippen MR) is 53.2 cm³/mol. The molecule has 1 unspecified atom stereocenters. The van der Waals surface area contributed by atoms with E-state index in [0.717, 1.165) is 13.3 Å². The second kappa shape index (κ2) is 5.99. The van der Waals surface area contributed by atoms with Crippen LogP contribution < -0.4 is 0 Å². The summed E-state index contributed by atoms with van der Waals surface area (Å²) in [5.74, 6) is -2.11. The molecular weight excluding hydrogens is 192 g/mol. The second-order valence-corrected chi connectivity index (χ2v) is 2.90. The van der Waals surface area contributed by atoms with Gasteiger partial charge in [0.2, 0.25) is 5.60 Å². The Balaban J connectivity index is 0. The molecule has 0 amide bonds. The van der Waals surface area contributed by atoms with Crippen LogP contribution in [0.3, 0.4) is 0 Å². The van der Waals surface area contributed by atoms with E-state index in [1.807, 2.05) is 6.92 Å². The molecule has 0 fully saturated rings. The summed E-state index contributed by atoms with van der Waals surface area (Å²) < 4.78 is 0. The Morgan fingerprint density at radius 3 is 2.15 bits per heavy atom. The maximum absolute atomic E-state index is 11.0. The quantitative estimate of drug-likeness (QED) is 0.652. The Hall–Kier alpha value is -0.550. The number of carbonyl (C=O) groups excluding carboxylic acids is 1. The molecule has 5 heteroatoms. The molecule has 0 aliphatic rings. The van der Waals surface area contributed by atoms with Crippen LogP contribution in [0.1, 0.15) is 33.1 Å². The normalized spacial score (nSPS) is 14.1. The minimum absolute atomic E-state index is 0. The molecule has 0 saturated carbocycles. The molecule has 0 aromatic heterocycles. The summed E-state index contributed by atoms with van der Waals surface area (Å²) >= 11 is 0. The lowest BCUT2D eigenvalue weighted by Crippen LogP contribution is -2.43. The van der Waals surface area contributed by atoms with Gasteiger partial charge in [-0.15, -0.1) is 0 Å². The lowest BCUT2D eigenvalue weighted by molar-refractivity contribution is -0.163. The van der Waals surface area contributed by atoms with E-state index in [-0.39, 0.29) is 19.9 Å². The third kappa shape index (κ3) is 4.28. The van der Waals surface area contributed by atoms with Gasteiger partial charge in [-0.25, -0.2) is 4.79 Å². The predicted octanol–water partition coefficient (Wildman–Crippen LogP) is 0.694. The minimum Gasteiger partial charge on any atom is -0.479 e. The number of hydrogen-bond acceptors (Lipinski definition) is 3. The summed E-state index contributed by atoms with van der Waals surface area (Å²) in [6, 6.07) is 0. The van der Waals surface area contributed by atoms with Crippen LogP contribution in [0.2, 0.25) is 0 Å². The molecule has 0 aliphatic heterocycles. The Kier molecular flexibility index (Phi) is 6.89. The van der Waals surface area contributed by atoms with Crippen molar-refractivity contribution in [2.24, 2.45) is 0 Å². The Morgan fingerprint density at radius 1 is 1.38 bits per heavy atom. The highest BCUT2D eigenvalue weighted by molar-refractivity contribution is 7.59. The van der Waals surface area contributed by atoms with Crippen molar-refractivity contribution in [3.05, 3.63) is 0 Å². The summed E-state index contributed by atoms with van der Waals surface area (Å²) in [6.45, 7) is 2.90. The number of carboxylic acid groups (broad SMARTS) is 1. The topological polar surface area (TPSA) is 74.6 Å². The molecule has 0 bridgehead atoms. The van der Waals surface area contributed by atoms with Gasteiger partial charge < -0.3 is 10.2 Å². The first-order chi connectivity index (χ1) is 5.42. The standard InChI is InChI=1S/C8H14O4.H2S/c1-3-4-5-6(9)8(2,12)7(10)11;/h12H,3-5H2,1-2H3,(H,10,11);1H2. The van der Waals surface area contributed by atoms with Crippen molar-refractivity contribution < 1.29 is 19.8 Å². The highest BCUT2D eigenvalue weighted by Gasteiger charge is 2.37. The highest BCUT2D eigenvalue weighted by atomic mass is 32.1. The van der Waals surface area contributed by atoms with Crippen LogP contribution in [0.4, 0.5) is 0 Å². The largest absolute Gasteiger partial charge is 0.479 e. The first kappa shape index (κ1) is 14.9. The second-order valence-electron chi connectivity index (χ2n) is 2.90. The summed E-state index contributed by atoms with van der Waals surface area (Å²) in [6.07, 6.45) is 1.54. The highest BCUT2D eigenvalue weighted by Crippen LogP contribution is 2.10.